The summed E-state index contributed by atoms with van der Waals surface area (Å²) in [6.45, 7) is 1.02. The molecule has 0 radical (unpaired) electrons. The van der Waals surface area contributed by atoms with Crippen LogP contribution in [0.3, 0.4) is 0 Å². The van der Waals surface area contributed by atoms with Gasteiger partial charge in [0.05, 0.1) is 24.6 Å². The number of anilines is 1. The molecule has 0 spiro atoms. The van der Waals surface area contributed by atoms with Gasteiger partial charge in [-0.2, -0.15) is 0 Å². The zero-order valence-corrected chi connectivity index (χ0v) is 19.1. The van der Waals surface area contributed by atoms with Crippen LogP contribution in [0.2, 0.25) is 0 Å². The zero-order valence-electron chi connectivity index (χ0n) is 17.5. The molecule has 0 aliphatic rings. The van der Waals surface area contributed by atoms with E-state index in [1.54, 1.807) is 12.5 Å². The van der Waals surface area contributed by atoms with E-state index < -0.39 is 11.6 Å². The van der Waals surface area contributed by atoms with Gasteiger partial charge in [0.25, 0.3) is 0 Å². The number of hydrogen-bond donors (Lipinski definition) is 1. The highest BCUT2D eigenvalue weighted by Gasteiger charge is 2.16. The summed E-state index contributed by atoms with van der Waals surface area (Å²) in [6, 6.07) is 13.2. The number of thioether (sulfide) groups is 1. The minimum Gasteiger partial charge on any atom is -0.383 e. The van der Waals surface area contributed by atoms with Gasteiger partial charge in [0, 0.05) is 23.6 Å². The van der Waals surface area contributed by atoms with Gasteiger partial charge in [-0.05, 0) is 18.2 Å². The fourth-order valence-electron chi connectivity index (χ4n) is 2.99. The number of carbonyl (C=O) groups excluding carboxylic acids is 1. The molecule has 0 unspecified atom stereocenters. The van der Waals surface area contributed by atoms with Crippen LogP contribution in [-0.4, -0.2) is 45.1 Å². The van der Waals surface area contributed by atoms with Gasteiger partial charge >= 0.3 is 0 Å². The molecule has 2 aromatic carbocycles. The lowest BCUT2D eigenvalue weighted by Gasteiger charge is -2.09. The maximum atomic E-state index is 13.5. The number of hydrogen-bond acceptors (Lipinski definition) is 7. The predicted octanol–water partition coefficient (Wildman–Crippen LogP) is 4.72. The Morgan fingerprint density at radius 1 is 1.12 bits per heavy atom. The average molecular weight is 488 g/mol. The first-order valence-corrected chi connectivity index (χ1v) is 11.7. The van der Waals surface area contributed by atoms with E-state index in [2.05, 4.69) is 20.5 Å². The van der Waals surface area contributed by atoms with E-state index in [4.69, 9.17) is 4.74 Å². The first-order valence-electron chi connectivity index (χ1n) is 9.86. The molecule has 11 heteroatoms. The number of nitrogens with one attached hydrogen (secondary N) is 1. The number of halogens is 2. The Bertz CT molecular complexity index is 1250. The topological polar surface area (TPSA) is 81.9 Å². The lowest BCUT2D eigenvalue weighted by atomic mass is 10.2. The van der Waals surface area contributed by atoms with Crippen LogP contribution < -0.4 is 5.32 Å². The number of thiazole rings is 1. The van der Waals surface area contributed by atoms with Crippen LogP contribution in [0, 0.1) is 11.6 Å². The summed E-state index contributed by atoms with van der Waals surface area (Å²) in [5, 5.41) is 13.9. The molecule has 1 N–H and O–H groups in total. The predicted molar refractivity (Wildman–Crippen MR) is 124 cm³/mol. The normalized spacial score (nSPS) is 11.0. The number of rotatable bonds is 9. The quantitative estimate of drug-likeness (QED) is 0.344. The third-order valence-electron chi connectivity index (χ3n) is 4.57. The Morgan fingerprint density at radius 3 is 2.70 bits per heavy atom. The van der Waals surface area contributed by atoms with Crippen LogP contribution in [0.25, 0.3) is 22.6 Å². The second-order valence-electron chi connectivity index (χ2n) is 6.82. The van der Waals surface area contributed by atoms with E-state index in [0.717, 1.165) is 17.7 Å². The molecule has 170 valence electrons. The van der Waals surface area contributed by atoms with Gasteiger partial charge in [0.2, 0.25) is 5.91 Å². The highest BCUT2D eigenvalue weighted by Crippen LogP contribution is 2.27. The van der Waals surface area contributed by atoms with Gasteiger partial charge in [-0.25, -0.2) is 13.8 Å². The Balaban J connectivity index is 1.41. The number of aromatic nitrogens is 4. The Morgan fingerprint density at radius 2 is 1.94 bits per heavy atom. The van der Waals surface area contributed by atoms with Gasteiger partial charge in [-0.1, -0.05) is 42.1 Å². The second kappa shape index (κ2) is 10.6. The zero-order chi connectivity index (χ0) is 23.2. The summed E-state index contributed by atoms with van der Waals surface area (Å²) in [6.07, 6.45) is 0. The molecule has 0 saturated carbocycles. The Kier molecular flexibility index (Phi) is 7.43. The first kappa shape index (κ1) is 23.0. The number of ether oxygens (including phenoxy) is 1. The van der Waals surface area contributed by atoms with Crippen molar-refractivity contribution in [3.8, 4) is 22.6 Å². The molecule has 7 nitrogen and oxygen atoms in total. The van der Waals surface area contributed by atoms with Gasteiger partial charge in [-0.3, -0.25) is 9.36 Å². The molecule has 0 fully saturated rings. The summed E-state index contributed by atoms with van der Waals surface area (Å²) in [7, 11) is 1.62. The maximum Gasteiger partial charge on any atom is 0.236 e. The number of amides is 1. The summed E-state index contributed by atoms with van der Waals surface area (Å²) < 4.78 is 33.7. The van der Waals surface area contributed by atoms with Crippen molar-refractivity contribution in [1.29, 1.82) is 0 Å². The molecule has 4 rings (SSSR count). The van der Waals surface area contributed by atoms with E-state index >= 15 is 0 Å². The van der Waals surface area contributed by atoms with Crippen LogP contribution in [0.1, 0.15) is 0 Å². The number of nitrogens with zero attached hydrogens (tertiary/aromatic N) is 4. The minimum atomic E-state index is -0.949. The fraction of sp³-hybridized carbons (Fsp3) is 0.182. The van der Waals surface area contributed by atoms with Crippen molar-refractivity contribution in [2.75, 3.05) is 24.8 Å². The number of benzene rings is 2. The number of methoxy groups -OCH3 is 1. The van der Waals surface area contributed by atoms with Gasteiger partial charge in [0.15, 0.2) is 27.7 Å². The lowest BCUT2D eigenvalue weighted by molar-refractivity contribution is -0.113. The van der Waals surface area contributed by atoms with Crippen molar-refractivity contribution in [2.24, 2.45) is 0 Å². The molecule has 0 aliphatic carbocycles. The summed E-state index contributed by atoms with van der Waals surface area (Å²) >= 11 is 2.46. The van der Waals surface area contributed by atoms with Crippen LogP contribution in [0.5, 0.6) is 0 Å². The van der Waals surface area contributed by atoms with Crippen molar-refractivity contribution < 1.29 is 18.3 Å². The Labute approximate surface area is 196 Å². The third kappa shape index (κ3) is 5.62. The van der Waals surface area contributed by atoms with Crippen LogP contribution in [0.15, 0.2) is 59.1 Å². The van der Waals surface area contributed by atoms with E-state index in [-0.39, 0.29) is 11.7 Å². The largest absolute Gasteiger partial charge is 0.383 e. The molecule has 0 aliphatic heterocycles. The van der Waals surface area contributed by atoms with Crippen LogP contribution in [0.4, 0.5) is 13.9 Å². The SMILES string of the molecule is COCCn1c(SCC(=O)Nc2nc(-c3ccc(F)c(F)c3)cs2)nnc1-c1ccccc1. The first-order chi connectivity index (χ1) is 16.0. The molecule has 33 heavy (non-hydrogen) atoms. The molecule has 0 atom stereocenters. The monoisotopic (exact) mass is 487 g/mol. The lowest BCUT2D eigenvalue weighted by Crippen LogP contribution is -2.15. The van der Waals surface area contributed by atoms with Crippen molar-refractivity contribution >= 4 is 34.1 Å². The van der Waals surface area contributed by atoms with Gasteiger partial charge in [-0.15, -0.1) is 21.5 Å². The summed E-state index contributed by atoms with van der Waals surface area (Å²) in [4.78, 5) is 16.8. The van der Waals surface area contributed by atoms with E-state index in [1.807, 2.05) is 34.9 Å². The van der Waals surface area contributed by atoms with Crippen molar-refractivity contribution in [3.05, 3.63) is 65.5 Å². The standard InChI is InChI=1S/C22H19F2N5O2S2/c1-31-10-9-29-20(14-5-3-2-4-6-14)27-28-22(29)33-13-19(30)26-21-25-18(12-32-21)15-7-8-16(23)17(24)11-15/h2-8,11-12H,9-10,13H2,1H3,(H,25,26,30). The van der Waals surface area contributed by atoms with Gasteiger partial charge in [0.1, 0.15) is 0 Å². The molecule has 2 heterocycles. The smallest absolute Gasteiger partial charge is 0.236 e. The molecule has 1 amide bonds. The summed E-state index contributed by atoms with van der Waals surface area (Å²) in [5.41, 5.74) is 1.80. The molecular weight excluding hydrogens is 468 g/mol. The molecule has 0 bridgehead atoms. The van der Waals surface area contributed by atoms with E-state index in [0.29, 0.717) is 40.5 Å². The van der Waals surface area contributed by atoms with Crippen molar-refractivity contribution in [3.63, 3.8) is 0 Å². The average Bonchev–Trinajstić information content (AvgIpc) is 3.45. The van der Waals surface area contributed by atoms with Crippen molar-refractivity contribution in [2.45, 2.75) is 11.7 Å². The molecule has 0 saturated heterocycles. The second-order valence-corrected chi connectivity index (χ2v) is 8.62. The fourth-order valence-corrected chi connectivity index (χ4v) is 4.49. The maximum absolute atomic E-state index is 13.5. The third-order valence-corrected chi connectivity index (χ3v) is 6.29. The van der Waals surface area contributed by atoms with Gasteiger partial charge < -0.3 is 10.1 Å². The Hall–Kier alpha value is -3.15. The molecule has 2 aromatic heterocycles. The number of carbonyl (C=O) groups is 1. The highest BCUT2D eigenvalue weighted by molar-refractivity contribution is 7.99. The molecular formula is C22H19F2N5O2S2. The highest BCUT2D eigenvalue weighted by atomic mass is 32.2. The van der Waals surface area contributed by atoms with E-state index in [1.165, 1.54) is 29.2 Å². The minimum absolute atomic E-state index is 0.0972. The van der Waals surface area contributed by atoms with Crippen LogP contribution >= 0.6 is 23.1 Å². The van der Waals surface area contributed by atoms with Crippen LogP contribution in [-0.2, 0) is 16.1 Å². The molecule has 4 aromatic rings. The van der Waals surface area contributed by atoms with E-state index in [9.17, 15) is 13.6 Å². The summed E-state index contributed by atoms with van der Waals surface area (Å²) in [5.74, 6) is -1.34. The van der Waals surface area contributed by atoms with Crippen molar-refractivity contribution in [1.82, 2.24) is 19.7 Å².